The van der Waals surface area contributed by atoms with Crippen LogP contribution in [0.1, 0.15) is 33.1 Å². The van der Waals surface area contributed by atoms with Crippen LogP contribution in [0.3, 0.4) is 0 Å². The Hall–Kier alpha value is -1.82. The molecule has 0 saturated heterocycles. The van der Waals surface area contributed by atoms with Crippen LogP contribution in [0.25, 0.3) is 0 Å². The molecule has 1 aromatic rings. The van der Waals surface area contributed by atoms with Crippen molar-refractivity contribution in [3.05, 3.63) is 30.1 Å². The van der Waals surface area contributed by atoms with Crippen LogP contribution in [0.5, 0.6) is 5.75 Å². The summed E-state index contributed by atoms with van der Waals surface area (Å²) in [5.74, 6) is 0.912. The van der Waals surface area contributed by atoms with Crippen molar-refractivity contribution in [1.82, 2.24) is 10.6 Å². The lowest BCUT2D eigenvalue weighted by atomic mass is 10.2. The number of hydrogen-bond acceptors (Lipinski definition) is 3. The second-order valence-electron chi connectivity index (χ2n) is 5.27. The van der Waals surface area contributed by atoms with E-state index in [0.717, 1.165) is 19.5 Å². The number of nitrogens with one attached hydrogen (secondary N) is 2. The Bertz CT molecular complexity index is 452. The molecule has 0 aliphatic carbocycles. The van der Waals surface area contributed by atoms with Crippen molar-refractivity contribution in [1.29, 1.82) is 0 Å². The molecule has 0 heterocycles. The molecule has 1 atom stereocenters. The number of benzene rings is 1. The summed E-state index contributed by atoms with van der Waals surface area (Å²) in [6.07, 6.45) is 2.73. The van der Waals surface area contributed by atoms with E-state index >= 15 is 0 Å². The van der Waals surface area contributed by atoms with Crippen LogP contribution in [0, 0.1) is 5.82 Å². The lowest BCUT2D eigenvalue weighted by Gasteiger charge is -2.13. The van der Waals surface area contributed by atoms with Gasteiger partial charge in [-0.05, 0) is 37.6 Å². The Morgan fingerprint density at radius 3 is 2.61 bits per heavy atom. The van der Waals surface area contributed by atoms with Gasteiger partial charge in [0.25, 0.3) is 0 Å². The summed E-state index contributed by atoms with van der Waals surface area (Å²) in [4.78, 5) is 4.34. The molecule has 0 spiro atoms. The molecule has 3 N–H and O–H groups in total. The van der Waals surface area contributed by atoms with Gasteiger partial charge in [0.2, 0.25) is 0 Å². The number of halogens is 1. The van der Waals surface area contributed by atoms with E-state index < -0.39 is 6.10 Å². The zero-order chi connectivity index (χ0) is 16.9. The first-order chi connectivity index (χ1) is 11.2. The number of ether oxygens (including phenoxy) is 1. The van der Waals surface area contributed by atoms with E-state index in [1.165, 1.54) is 37.1 Å². The number of aliphatic hydroxyl groups excluding tert-OH is 1. The number of rotatable bonds is 10. The van der Waals surface area contributed by atoms with E-state index in [1.807, 2.05) is 6.92 Å². The van der Waals surface area contributed by atoms with Gasteiger partial charge in [-0.15, -0.1) is 0 Å². The highest BCUT2D eigenvalue weighted by Gasteiger charge is 2.06. The fraction of sp³-hybridized carbons (Fsp3) is 0.588. The fourth-order valence-electron chi connectivity index (χ4n) is 1.90. The van der Waals surface area contributed by atoms with Crippen LogP contribution >= 0.6 is 0 Å². The van der Waals surface area contributed by atoms with E-state index in [1.54, 1.807) is 0 Å². The third-order valence-electron chi connectivity index (χ3n) is 3.13. The maximum absolute atomic E-state index is 12.8. The molecule has 0 aliphatic rings. The Morgan fingerprint density at radius 2 is 1.96 bits per heavy atom. The van der Waals surface area contributed by atoms with Crippen molar-refractivity contribution in [3.63, 3.8) is 0 Å². The molecule has 1 aromatic carbocycles. The van der Waals surface area contributed by atoms with E-state index in [0.29, 0.717) is 11.7 Å². The van der Waals surface area contributed by atoms with Gasteiger partial charge in [-0.1, -0.05) is 19.8 Å². The van der Waals surface area contributed by atoms with Gasteiger partial charge in [-0.3, -0.25) is 4.99 Å². The molecule has 5 nitrogen and oxygen atoms in total. The van der Waals surface area contributed by atoms with Gasteiger partial charge in [0.05, 0.1) is 6.54 Å². The summed E-state index contributed by atoms with van der Waals surface area (Å²) < 4.78 is 18.2. The van der Waals surface area contributed by atoms with Gasteiger partial charge in [0, 0.05) is 13.1 Å². The lowest BCUT2D eigenvalue weighted by molar-refractivity contribution is 0.114. The molecule has 1 unspecified atom stereocenters. The molecular formula is C17H28FN3O2. The quantitative estimate of drug-likeness (QED) is 0.351. The molecular weight excluding hydrogens is 297 g/mol. The Balaban J connectivity index is 2.33. The number of nitrogens with zero attached hydrogens (tertiary/aromatic N) is 1. The molecule has 0 aromatic heterocycles. The standard InChI is InChI=1S/C17H28FN3O2/c1-3-5-6-11-20-17(19-4-2)21-12-15(22)13-23-16-9-7-14(18)8-10-16/h7-10,15,22H,3-6,11-13H2,1-2H3,(H2,19,20,21). The highest BCUT2D eigenvalue weighted by atomic mass is 19.1. The largest absolute Gasteiger partial charge is 0.491 e. The minimum atomic E-state index is -0.717. The third kappa shape index (κ3) is 9.03. The van der Waals surface area contributed by atoms with Gasteiger partial charge in [-0.25, -0.2) is 4.39 Å². The minimum Gasteiger partial charge on any atom is -0.491 e. The number of aliphatic imine (C=N–C) groups is 1. The van der Waals surface area contributed by atoms with Gasteiger partial charge >= 0.3 is 0 Å². The molecule has 0 amide bonds. The van der Waals surface area contributed by atoms with Crippen molar-refractivity contribution >= 4 is 5.96 Å². The fourth-order valence-corrected chi connectivity index (χ4v) is 1.90. The van der Waals surface area contributed by atoms with Crippen molar-refractivity contribution < 1.29 is 14.2 Å². The second-order valence-corrected chi connectivity index (χ2v) is 5.27. The summed E-state index contributed by atoms with van der Waals surface area (Å²) in [6, 6.07) is 5.71. The van der Waals surface area contributed by atoms with Crippen molar-refractivity contribution in [2.24, 2.45) is 4.99 Å². The van der Waals surface area contributed by atoms with Crippen LogP contribution in [0.2, 0.25) is 0 Å². The molecule has 0 radical (unpaired) electrons. The van der Waals surface area contributed by atoms with E-state index in [4.69, 9.17) is 4.74 Å². The molecule has 1 rings (SSSR count). The smallest absolute Gasteiger partial charge is 0.191 e. The Labute approximate surface area is 138 Å². The summed E-state index contributed by atoms with van der Waals surface area (Å²) in [7, 11) is 0. The van der Waals surface area contributed by atoms with Crippen molar-refractivity contribution in [2.45, 2.75) is 39.2 Å². The molecule has 130 valence electrons. The minimum absolute atomic E-state index is 0.115. The first kappa shape index (κ1) is 19.2. The zero-order valence-corrected chi connectivity index (χ0v) is 14.0. The van der Waals surface area contributed by atoms with Gasteiger partial charge in [-0.2, -0.15) is 0 Å². The summed E-state index contributed by atoms with van der Waals surface area (Å²) in [5.41, 5.74) is 0. The van der Waals surface area contributed by atoms with Gasteiger partial charge in [0.15, 0.2) is 5.96 Å². The Kier molecular flexibility index (Phi) is 9.79. The molecule has 23 heavy (non-hydrogen) atoms. The summed E-state index contributed by atoms with van der Waals surface area (Å²) >= 11 is 0. The van der Waals surface area contributed by atoms with Crippen LogP contribution in [0.15, 0.2) is 29.3 Å². The lowest BCUT2D eigenvalue weighted by Crippen LogP contribution is -2.38. The summed E-state index contributed by atoms with van der Waals surface area (Å²) in [6.45, 7) is 6.15. The van der Waals surface area contributed by atoms with E-state index in [9.17, 15) is 9.50 Å². The number of hydrogen-bond donors (Lipinski definition) is 3. The first-order valence-corrected chi connectivity index (χ1v) is 8.24. The Morgan fingerprint density at radius 1 is 1.22 bits per heavy atom. The average Bonchev–Trinajstić information content (AvgIpc) is 2.56. The predicted octanol–water partition coefficient (Wildman–Crippen LogP) is 2.31. The molecule has 0 fully saturated rings. The molecule has 6 heteroatoms. The molecule has 0 aliphatic heterocycles. The highest BCUT2D eigenvalue weighted by molar-refractivity contribution is 5.79. The average molecular weight is 325 g/mol. The van der Waals surface area contributed by atoms with Gasteiger partial charge in [0.1, 0.15) is 24.3 Å². The predicted molar refractivity (Wildman–Crippen MR) is 91.4 cm³/mol. The van der Waals surface area contributed by atoms with Crippen LogP contribution in [-0.4, -0.2) is 43.4 Å². The van der Waals surface area contributed by atoms with Crippen LogP contribution in [0.4, 0.5) is 4.39 Å². The number of guanidine groups is 1. The van der Waals surface area contributed by atoms with E-state index in [2.05, 4.69) is 22.5 Å². The van der Waals surface area contributed by atoms with Crippen LogP contribution in [-0.2, 0) is 0 Å². The normalized spacial score (nSPS) is 12.8. The highest BCUT2D eigenvalue weighted by Crippen LogP contribution is 2.11. The number of unbranched alkanes of at least 4 members (excludes halogenated alkanes) is 2. The van der Waals surface area contributed by atoms with Crippen molar-refractivity contribution in [3.8, 4) is 5.75 Å². The maximum atomic E-state index is 12.8. The topological polar surface area (TPSA) is 65.9 Å². The van der Waals surface area contributed by atoms with Crippen molar-refractivity contribution in [2.75, 3.05) is 26.2 Å². The monoisotopic (exact) mass is 325 g/mol. The maximum Gasteiger partial charge on any atom is 0.191 e. The SMILES string of the molecule is CCCCCNC(=NCC(O)COc1ccc(F)cc1)NCC. The number of aliphatic hydroxyl groups is 1. The van der Waals surface area contributed by atoms with Gasteiger partial charge < -0.3 is 20.5 Å². The first-order valence-electron chi connectivity index (χ1n) is 8.24. The second kappa shape index (κ2) is 11.7. The van der Waals surface area contributed by atoms with E-state index in [-0.39, 0.29) is 19.0 Å². The summed E-state index contributed by atoms with van der Waals surface area (Å²) in [5, 5.41) is 16.3. The molecule has 0 bridgehead atoms. The zero-order valence-electron chi connectivity index (χ0n) is 14.0. The van der Waals surface area contributed by atoms with Crippen LogP contribution < -0.4 is 15.4 Å². The third-order valence-corrected chi connectivity index (χ3v) is 3.13. The molecule has 0 saturated carbocycles.